The fourth-order valence-corrected chi connectivity index (χ4v) is 8.23. The average molecular weight is 292 g/mol. The van der Waals surface area contributed by atoms with Gasteiger partial charge in [0.25, 0.3) is 0 Å². The van der Waals surface area contributed by atoms with Gasteiger partial charge >= 0.3 is 0 Å². The summed E-state index contributed by atoms with van der Waals surface area (Å²) in [5.41, 5.74) is 0. The molecule has 1 heteroatoms. The van der Waals surface area contributed by atoms with Crippen molar-refractivity contribution < 1.29 is 0 Å². The zero-order valence-electron chi connectivity index (χ0n) is 13.4. The van der Waals surface area contributed by atoms with Gasteiger partial charge in [0.05, 0.1) is 0 Å². The number of rotatable bonds is 4. The first-order chi connectivity index (χ1) is 10.2. The van der Waals surface area contributed by atoms with E-state index in [4.69, 9.17) is 0 Å². The van der Waals surface area contributed by atoms with Crippen LogP contribution in [0.2, 0.25) is 0 Å². The Kier molecular flexibility index (Phi) is 4.97. The second-order valence-electron chi connectivity index (χ2n) is 5.43. The molecule has 2 aromatic rings. The summed E-state index contributed by atoms with van der Waals surface area (Å²) in [7, 11) is -2.03. The van der Waals surface area contributed by atoms with Crippen LogP contribution in [0.25, 0.3) is 0 Å². The molecular weight excluding hydrogens is 268 g/mol. The summed E-state index contributed by atoms with van der Waals surface area (Å²) in [4.78, 5) is 0. The van der Waals surface area contributed by atoms with Gasteiger partial charge in [-0.05, 0) is 38.1 Å². The SMILES string of the molecule is CC=C(C)[Si](C(C)=CC)(c1ccccc1)c1ccccc1. The maximum Gasteiger partial charge on any atom is 0.170 e. The first-order valence-electron chi connectivity index (χ1n) is 7.55. The van der Waals surface area contributed by atoms with Gasteiger partial charge in [-0.3, -0.25) is 0 Å². The lowest BCUT2D eigenvalue weighted by atomic mass is 10.4. The molecule has 2 rings (SSSR count). The Balaban J connectivity index is 2.86. The van der Waals surface area contributed by atoms with E-state index >= 15 is 0 Å². The molecule has 0 saturated carbocycles. The Hall–Kier alpha value is -1.86. The lowest BCUT2D eigenvalue weighted by molar-refractivity contribution is 1.45. The lowest BCUT2D eigenvalue weighted by Crippen LogP contribution is -2.61. The zero-order chi connectivity index (χ0) is 15.3. The summed E-state index contributed by atoms with van der Waals surface area (Å²) in [6, 6.07) is 22.0. The van der Waals surface area contributed by atoms with Gasteiger partial charge in [0.2, 0.25) is 0 Å². The molecule has 0 atom stereocenters. The van der Waals surface area contributed by atoms with Crippen molar-refractivity contribution in [3.05, 3.63) is 83.2 Å². The van der Waals surface area contributed by atoms with E-state index in [1.165, 1.54) is 20.8 Å². The fraction of sp³-hybridized carbons (Fsp3) is 0.200. The van der Waals surface area contributed by atoms with Crippen LogP contribution in [0.3, 0.4) is 0 Å². The summed E-state index contributed by atoms with van der Waals surface area (Å²) in [6.07, 6.45) is 4.58. The summed E-state index contributed by atoms with van der Waals surface area (Å²) in [5.74, 6) is 0. The fourth-order valence-electron chi connectivity index (χ4n) is 3.20. The standard InChI is InChI=1S/C20H24Si/c1-5-17(3)21(18(4)6-2,19-13-9-7-10-14-19)20-15-11-8-12-16-20/h5-16H,1-4H3. The number of benzene rings is 2. The summed E-state index contributed by atoms with van der Waals surface area (Å²) >= 11 is 0. The second kappa shape index (κ2) is 6.73. The molecular formula is C20H24Si. The maximum atomic E-state index is 2.29. The Labute approximate surface area is 129 Å². The molecule has 0 aliphatic heterocycles. The first kappa shape index (κ1) is 15.5. The molecule has 0 spiro atoms. The molecule has 0 unspecified atom stereocenters. The van der Waals surface area contributed by atoms with Gasteiger partial charge in [-0.15, -0.1) is 0 Å². The van der Waals surface area contributed by atoms with Crippen molar-refractivity contribution in [1.29, 1.82) is 0 Å². The lowest BCUT2D eigenvalue weighted by Gasteiger charge is -2.35. The van der Waals surface area contributed by atoms with Crippen molar-refractivity contribution in [3.8, 4) is 0 Å². The minimum absolute atomic E-state index is 1.46. The van der Waals surface area contributed by atoms with Crippen LogP contribution in [0, 0.1) is 0 Å². The van der Waals surface area contributed by atoms with Gasteiger partial charge in [-0.1, -0.05) is 83.2 Å². The van der Waals surface area contributed by atoms with Crippen LogP contribution < -0.4 is 10.4 Å². The quantitative estimate of drug-likeness (QED) is 0.739. The monoisotopic (exact) mass is 292 g/mol. The third-order valence-electron chi connectivity index (χ3n) is 4.46. The topological polar surface area (TPSA) is 0 Å². The van der Waals surface area contributed by atoms with Crippen LogP contribution in [0.4, 0.5) is 0 Å². The third-order valence-corrected chi connectivity index (χ3v) is 9.80. The van der Waals surface area contributed by atoms with Crippen molar-refractivity contribution >= 4 is 18.4 Å². The highest BCUT2D eigenvalue weighted by Crippen LogP contribution is 2.23. The Morgan fingerprint density at radius 1 is 0.667 bits per heavy atom. The normalized spacial score (nSPS) is 13.3. The molecule has 21 heavy (non-hydrogen) atoms. The van der Waals surface area contributed by atoms with Crippen LogP contribution in [-0.4, -0.2) is 8.07 Å². The van der Waals surface area contributed by atoms with E-state index in [9.17, 15) is 0 Å². The van der Waals surface area contributed by atoms with E-state index < -0.39 is 8.07 Å². The van der Waals surface area contributed by atoms with Gasteiger partial charge in [0.15, 0.2) is 8.07 Å². The van der Waals surface area contributed by atoms with Crippen LogP contribution >= 0.6 is 0 Å². The molecule has 0 saturated heterocycles. The van der Waals surface area contributed by atoms with E-state index in [0.717, 1.165) is 0 Å². The van der Waals surface area contributed by atoms with Crippen LogP contribution in [0.1, 0.15) is 27.7 Å². The summed E-state index contributed by atoms with van der Waals surface area (Å²) in [6.45, 7) is 8.90. The maximum absolute atomic E-state index is 2.29. The largest absolute Gasteiger partial charge is 0.170 e. The van der Waals surface area contributed by atoms with E-state index in [1.54, 1.807) is 0 Å². The molecule has 0 radical (unpaired) electrons. The molecule has 2 aromatic carbocycles. The predicted molar refractivity (Wildman–Crippen MR) is 96.8 cm³/mol. The Morgan fingerprint density at radius 2 is 1.00 bits per heavy atom. The van der Waals surface area contributed by atoms with Crippen molar-refractivity contribution in [2.75, 3.05) is 0 Å². The minimum Gasteiger partial charge on any atom is -0.0916 e. The van der Waals surface area contributed by atoms with E-state index in [2.05, 4.69) is 101 Å². The van der Waals surface area contributed by atoms with Crippen molar-refractivity contribution in [2.24, 2.45) is 0 Å². The molecule has 0 fully saturated rings. The predicted octanol–water partition coefficient (Wildman–Crippen LogP) is 4.26. The number of allylic oxidation sites excluding steroid dienone is 4. The Bertz CT molecular complexity index is 577. The highest BCUT2D eigenvalue weighted by molar-refractivity contribution is 7.12. The molecule has 0 amide bonds. The van der Waals surface area contributed by atoms with Gasteiger partial charge < -0.3 is 0 Å². The van der Waals surface area contributed by atoms with Gasteiger partial charge in [0, 0.05) is 0 Å². The van der Waals surface area contributed by atoms with Crippen LogP contribution in [0.5, 0.6) is 0 Å². The Morgan fingerprint density at radius 3 is 1.29 bits per heavy atom. The first-order valence-corrected chi connectivity index (χ1v) is 9.55. The van der Waals surface area contributed by atoms with E-state index in [0.29, 0.717) is 0 Å². The highest BCUT2D eigenvalue weighted by Gasteiger charge is 2.40. The second-order valence-corrected chi connectivity index (χ2v) is 9.66. The molecule has 0 aliphatic rings. The molecule has 0 heterocycles. The van der Waals surface area contributed by atoms with Gasteiger partial charge in [-0.25, -0.2) is 0 Å². The van der Waals surface area contributed by atoms with E-state index in [1.807, 2.05) is 0 Å². The summed E-state index contributed by atoms with van der Waals surface area (Å²) < 4.78 is 0. The average Bonchev–Trinajstić information content (AvgIpc) is 2.57. The molecule has 108 valence electrons. The smallest absolute Gasteiger partial charge is 0.0916 e. The molecule has 0 N–H and O–H groups in total. The van der Waals surface area contributed by atoms with Crippen LogP contribution in [0.15, 0.2) is 83.2 Å². The molecule has 0 nitrogen and oxygen atoms in total. The molecule has 0 aromatic heterocycles. The van der Waals surface area contributed by atoms with Crippen molar-refractivity contribution in [3.63, 3.8) is 0 Å². The minimum atomic E-state index is -2.03. The zero-order valence-corrected chi connectivity index (χ0v) is 14.4. The highest BCUT2D eigenvalue weighted by atomic mass is 28.3. The van der Waals surface area contributed by atoms with Crippen LogP contribution in [-0.2, 0) is 0 Å². The van der Waals surface area contributed by atoms with Crippen molar-refractivity contribution in [2.45, 2.75) is 27.7 Å². The summed E-state index contributed by atoms with van der Waals surface area (Å²) in [5, 5.41) is 5.91. The molecule has 0 aliphatic carbocycles. The van der Waals surface area contributed by atoms with E-state index in [-0.39, 0.29) is 0 Å². The van der Waals surface area contributed by atoms with Gasteiger partial charge in [-0.2, -0.15) is 0 Å². The van der Waals surface area contributed by atoms with Crippen molar-refractivity contribution in [1.82, 2.24) is 0 Å². The number of hydrogen-bond acceptors (Lipinski definition) is 0. The third kappa shape index (κ3) is 2.66. The molecule has 0 bridgehead atoms. The number of hydrogen-bond donors (Lipinski definition) is 0. The van der Waals surface area contributed by atoms with Gasteiger partial charge in [0.1, 0.15) is 0 Å².